The number of hydrogen-bond donors (Lipinski definition) is 1. The van der Waals surface area contributed by atoms with E-state index < -0.39 is 17.7 Å². The SMILES string of the molecule is COc1ccc(C2/C(=C(\O)c3nc4c(C)cccn4c3C)C(=O)C(=O)N2c2nnc(SCc3ccc(C)cc3)s2)cc1. The first-order valence-electron chi connectivity index (χ1n) is 13.2. The summed E-state index contributed by atoms with van der Waals surface area (Å²) in [5.41, 5.74) is 5.34. The van der Waals surface area contributed by atoms with E-state index in [1.165, 1.54) is 33.6 Å². The molecule has 2 aromatic carbocycles. The number of thioether (sulfide) groups is 1. The number of carbonyl (C=O) groups excluding carboxylic acids is 2. The second kappa shape index (κ2) is 11.1. The van der Waals surface area contributed by atoms with Gasteiger partial charge in [0.25, 0.3) is 5.78 Å². The number of pyridine rings is 1. The number of benzene rings is 2. The molecule has 0 bridgehead atoms. The Bertz CT molecular complexity index is 1860. The minimum atomic E-state index is -0.941. The molecule has 1 fully saturated rings. The zero-order valence-electron chi connectivity index (χ0n) is 23.4. The first-order valence-corrected chi connectivity index (χ1v) is 15.0. The molecule has 4 heterocycles. The van der Waals surface area contributed by atoms with Crippen molar-refractivity contribution in [1.82, 2.24) is 19.6 Å². The van der Waals surface area contributed by atoms with Gasteiger partial charge in [0, 0.05) is 11.9 Å². The Morgan fingerprint density at radius 2 is 1.76 bits per heavy atom. The monoisotopic (exact) mass is 597 g/mol. The van der Waals surface area contributed by atoms with Crippen molar-refractivity contribution < 1.29 is 19.4 Å². The fourth-order valence-corrected chi connectivity index (χ4v) is 6.82. The Labute approximate surface area is 250 Å². The van der Waals surface area contributed by atoms with E-state index in [1.807, 2.05) is 43.5 Å². The van der Waals surface area contributed by atoms with E-state index in [2.05, 4.69) is 39.4 Å². The second-order valence-corrected chi connectivity index (χ2v) is 12.2. The van der Waals surface area contributed by atoms with Crippen LogP contribution < -0.4 is 9.64 Å². The Kier molecular flexibility index (Phi) is 7.29. The summed E-state index contributed by atoms with van der Waals surface area (Å²) in [5.74, 6) is -0.641. The van der Waals surface area contributed by atoms with Crippen molar-refractivity contribution in [2.24, 2.45) is 0 Å². The third-order valence-corrected chi connectivity index (χ3v) is 9.40. The number of amides is 1. The van der Waals surface area contributed by atoms with Gasteiger partial charge < -0.3 is 14.2 Å². The summed E-state index contributed by atoms with van der Waals surface area (Å²) < 4.78 is 7.83. The van der Waals surface area contributed by atoms with Crippen LogP contribution in [-0.4, -0.2) is 43.5 Å². The zero-order valence-corrected chi connectivity index (χ0v) is 25.0. The van der Waals surface area contributed by atoms with Gasteiger partial charge in [-0.15, -0.1) is 10.2 Å². The maximum atomic E-state index is 13.6. The van der Waals surface area contributed by atoms with Crippen molar-refractivity contribution in [3.63, 3.8) is 0 Å². The maximum absolute atomic E-state index is 13.6. The summed E-state index contributed by atoms with van der Waals surface area (Å²) in [6.45, 7) is 5.78. The minimum absolute atomic E-state index is 0.0571. The zero-order chi connectivity index (χ0) is 29.5. The molecule has 1 saturated heterocycles. The third kappa shape index (κ3) is 4.84. The highest BCUT2D eigenvalue weighted by Gasteiger charge is 2.48. The quantitative estimate of drug-likeness (QED) is 0.0795. The minimum Gasteiger partial charge on any atom is -0.505 e. The lowest BCUT2D eigenvalue weighted by Gasteiger charge is -2.22. The number of rotatable bonds is 7. The lowest BCUT2D eigenvalue weighted by Crippen LogP contribution is -2.29. The maximum Gasteiger partial charge on any atom is 0.301 e. The highest BCUT2D eigenvalue weighted by molar-refractivity contribution is 8.00. The van der Waals surface area contributed by atoms with Gasteiger partial charge in [0.15, 0.2) is 10.1 Å². The molecule has 1 unspecified atom stereocenters. The van der Waals surface area contributed by atoms with E-state index in [1.54, 1.807) is 31.4 Å². The third-order valence-electron chi connectivity index (χ3n) is 7.27. The Morgan fingerprint density at radius 1 is 1.02 bits per heavy atom. The number of Topliss-reactive ketones (excluding diaryl/α,β-unsaturated/α-hetero) is 1. The number of methoxy groups -OCH3 is 1. The molecule has 0 radical (unpaired) electrons. The van der Waals surface area contributed by atoms with E-state index in [9.17, 15) is 14.7 Å². The van der Waals surface area contributed by atoms with Crippen molar-refractivity contribution in [2.45, 2.75) is 36.9 Å². The number of nitrogens with zero attached hydrogens (tertiary/aromatic N) is 5. The van der Waals surface area contributed by atoms with E-state index >= 15 is 0 Å². The van der Waals surface area contributed by atoms with Crippen LogP contribution in [-0.2, 0) is 15.3 Å². The van der Waals surface area contributed by atoms with Crippen LogP contribution in [0.15, 0.2) is 76.8 Å². The van der Waals surface area contributed by atoms with Crippen LogP contribution in [0.5, 0.6) is 5.75 Å². The summed E-state index contributed by atoms with van der Waals surface area (Å²) in [6.07, 6.45) is 1.85. The molecule has 3 aromatic heterocycles. The number of aryl methyl sites for hydroxylation is 3. The Morgan fingerprint density at radius 3 is 2.45 bits per heavy atom. The number of carbonyl (C=O) groups is 2. The number of aliphatic hydroxyl groups is 1. The first kappa shape index (κ1) is 27.7. The summed E-state index contributed by atoms with van der Waals surface area (Å²) >= 11 is 2.73. The highest BCUT2D eigenvalue weighted by Crippen LogP contribution is 2.44. The summed E-state index contributed by atoms with van der Waals surface area (Å²) in [7, 11) is 1.56. The number of imidazole rings is 1. The van der Waals surface area contributed by atoms with Crippen molar-refractivity contribution in [3.8, 4) is 5.75 Å². The number of fused-ring (bicyclic) bond motifs is 1. The van der Waals surface area contributed by atoms with Gasteiger partial charge >= 0.3 is 5.91 Å². The molecule has 1 atom stereocenters. The predicted octanol–water partition coefficient (Wildman–Crippen LogP) is 6.04. The average molecular weight is 598 g/mol. The summed E-state index contributed by atoms with van der Waals surface area (Å²) in [4.78, 5) is 33.2. The van der Waals surface area contributed by atoms with Gasteiger partial charge in [-0.3, -0.25) is 14.5 Å². The van der Waals surface area contributed by atoms with Gasteiger partial charge in [0.1, 0.15) is 17.1 Å². The molecular formula is C31H27N5O4S2. The lowest BCUT2D eigenvalue weighted by atomic mass is 9.96. The van der Waals surface area contributed by atoms with Crippen LogP contribution in [0, 0.1) is 20.8 Å². The van der Waals surface area contributed by atoms with E-state index in [0.717, 1.165) is 11.1 Å². The number of aromatic nitrogens is 4. The largest absolute Gasteiger partial charge is 0.505 e. The number of aliphatic hydroxyl groups excluding tert-OH is 1. The summed E-state index contributed by atoms with van der Waals surface area (Å²) in [6, 6.07) is 18.1. The summed E-state index contributed by atoms with van der Waals surface area (Å²) in [5, 5.41) is 20.5. The van der Waals surface area contributed by atoms with Gasteiger partial charge in [-0.05, 0) is 55.7 Å². The second-order valence-electron chi connectivity index (χ2n) is 10.00. The smallest absolute Gasteiger partial charge is 0.301 e. The van der Waals surface area contributed by atoms with Crippen LogP contribution in [0.4, 0.5) is 5.13 Å². The number of anilines is 1. The van der Waals surface area contributed by atoms with E-state index in [4.69, 9.17) is 4.74 Å². The molecule has 0 saturated carbocycles. The van der Waals surface area contributed by atoms with Crippen LogP contribution in [0.1, 0.15) is 39.7 Å². The highest BCUT2D eigenvalue weighted by atomic mass is 32.2. The van der Waals surface area contributed by atoms with Gasteiger partial charge in [0.05, 0.1) is 24.4 Å². The van der Waals surface area contributed by atoms with Crippen LogP contribution in [0.3, 0.4) is 0 Å². The molecule has 1 N–H and O–H groups in total. The normalized spacial score (nSPS) is 16.5. The molecule has 11 heteroatoms. The molecule has 1 aliphatic rings. The van der Waals surface area contributed by atoms with Gasteiger partial charge in [-0.25, -0.2) is 4.98 Å². The fraction of sp³-hybridized carbons (Fsp3) is 0.194. The first-order chi connectivity index (χ1) is 20.3. The van der Waals surface area contributed by atoms with Crippen LogP contribution in [0.25, 0.3) is 11.4 Å². The number of ketones is 1. The number of ether oxygens (including phenoxy) is 1. The molecular weight excluding hydrogens is 571 g/mol. The number of hydrogen-bond acceptors (Lipinski definition) is 9. The molecule has 1 aliphatic heterocycles. The van der Waals surface area contributed by atoms with Gasteiger partial charge in [-0.2, -0.15) is 0 Å². The van der Waals surface area contributed by atoms with Gasteiger partial charge in [0.2, 0.25) is 5.13 Å². The van der Waals surface area contributed by atoms with Crippen LogP contribution in [0.2, 0.25) is 0 Å². The van der Waals surface area contributed by atoms with E-state index in [-0.39, 0.29) is 22.2 Å². The van der Waals surface area contributed by atoms with Crippen molar-refractivity contribution in [2.75, 3.05) is 12.0 Å². The van der Waals surface area contributed by atoms with Crippen molar-refractivity contribution >= 4 is 51.3 Å². The lowest BCUT2D eigenvalue weighted by molar-refractivity contribution is -0.132. The van der Waals surface area contributed by atoms with Gasteiger partial charge in [-0.1, -0.05) is 71.1 Å². The van der Waals surface area contributed by atoms with Crippen molar-refractivity contribution in [1.29, 1.82) is 0 Å². The predicted molar refractivity (Wildman–Crippen MR) is 163 cm³/mol. The van der Waals surface area contributed by atoms with E-state index in [0.29, 0.717) is 32.7 Å². The van der Waals surface area contributed by atoms with Crippen LogP contribution >= 0.6 is 23.1 Å². The Hall–Kier alpha value is -4.48. The molecule has 1 amide bonds. The molecule has 212 valence electrons. The molecule has 0 aliphatic carbocycles. The standard InChI is InChI=1S/C31H27N5O4S2/c1-17-7-9-20(10-8-17)16-41-31-34-33-30(42-31)36-25(21-11-13-22(40-4)14-12-21)23(27(38)29(36)39)26(37)24-19(3)35-15-5-6-18(2)28(35)32-24/h5-15,25,37H,16H2,1-4H3/b26-23+. The molecule has 42 heavy (non-hydrogen) atoms. The molecule has 6 rings (SSSR count). The molecule has 9 nitrogen and oxygen atoms in total. The topological polar surface area (TPSA) is 110 Å². The fourth-order valence-electron chi connectivity index (χ4n) is 4.99. The molecule has 0 spiro atoms. The molecule has 5 aromatic rings. The van der Waals surface area contributed by atoms with Crippen molar-refractivity contribution in [3.05, 3.63) is 106 Å². The Balaban J connectivity index is 1.43. The average Bonchev–Trinajstić information content (AvgIpc) is 3.68.